The van der Waals surface area contributed by atoms with Crippen LogP contribution in [0.2, 0.25) is 0 Å². The summed E-state index contributed by atoms with van der Waals surface area (Å²) in [4.78, 5) is 10.2. The molecule has 0 bridgehead atoms. The van der Waals surface area contributed by atoms with Crippen LogP contribution >= 0.6 is 0 Å². The molecule has 0 spiro atoms. The van der Waals surface area contributed by atoms with Crippen LogP contribution in [0.1, 0.15) is 19.3 Å². The molecule has 1 aromatic rings. The molecule has 1 atom stereocenters. The number of ether oxygens (including phenoxy) is 3. The fourth-order valence-corrected chi connectivity index (χ4v) is 1.95. The fourth-order valence-electron chi connectivity index (χ4n) is 1.95. The molecule has 1 fully saturated rings. The number of hydrogen-bond acceptors (Lipinski definition) is 6. The molecular weight excluding hydrogens is 264 g/mol. The van der Waals surface area contributed by atoms with E-state index in [1.807, 2.05) is 0 Å². The molecule has 7 heteroatoms. The molecule has 1 aliphatic rings. The van der Waals surface area contributed by atoms with Crippen molar-refractivity contribution < 1.29 is 19.1 Å². The minimum Gasteiger partial charge on any atom is -0.491 e. The van der Waals surface area contributed by atoms with Crippen molar-refractivity contribution in [2.75, 3.05) is 25.6 Å². The quantitative estimate of drug-likeness (QED) is 0.371. The van der Waals surface area contributed by atoms with E-state index >= 15 is 0 Å². The second-order valence-electron chi connectivity index (χ2n) is 4.49. The summed E-state index contributed by atoms with van der Waals surface area (Å²) in [5.41, 5.74) is 5.47. The van der Waals surface area contributed by atoms with Gasteiger partial charge in [-0.05, 0) is 31.4 Å². The van der Waals surface area contributed by atoms with Crippen molar-refractivity contribution in [1.29, 1.82) is 0 Å². The van der Waals surface area contributed by atoms with Gasteiger partial charge in [-0.25, -0.2) is 0 Å². The molecule has 20 heavy (non-hydrogen) atoms. The van der Waals surface area contributed by atoms with E-state index in [4.69, 9.17) is 19.9 Å². The number of nitrogens with zero attached hydrogens (tertiary/aromatic N) is 1. The maximum absolute atomic E-state index is 10.7. The SMILES string of the molecule is Nc1ccc(OCCO[C@H]2CCCCO2)cc1[N+](=O)[O-]. The van der Waals surface area contributed by atoms with Gasteiger partial charge < -0.3 is 19.9 Å². The highest BCUT2D eigenvalue weighted by molar-refractivity contribution is 5.60. The first-order valence-electron chi connectivity index (χ1n) is 6.57. The Kier molecular flexibility index (Phi) is 5.14. The van der Waals surface area contributed by atoms with Crippen LogP contribution in [0.15, 0.2) is 18.2 Å². The highest BCUT2D eigenvalue weighted by Gasteiger charge is 2.14. The average Bonchev–Trinajstić information content (AvgIpc) is 2.46. The molecule has 1 aromatic carbocycles. The Balaban J connectivity index is 1.76. The van der Waals surface area contributed by atoms with Crippen molar-refractivity contribution >= 4 is 11.4 Å². The maximum atomic E-state index is 10.7. The van der Waals surface area contributed by atoms with E-state index in [1.54, 1.807) is 6.07 Å². The second kappa shape index (κ2) is 7.06. The van der Waals surface area contributed by atoms with E-state index in [0.29, 0.717) is 19.0 Å². The van der Waals surface area contributed by atoms with Gasteiger partial charge in [0, 0.05) is 6.61 Å². The van der Waals surface area contributed by atoms with Gasteiger partial charge in [0.15, 0.2) is 6.29 Å². The zero-order valence-electron chi connectivity index (χ0n) is 11.1. The molecule has 2 N–H and O–H groups in total. The van der Waals surface area contributed by atoms with Crippen molar-refractivity contribution in [3.8, 4) is 5.75 Å². The van der Waals surface area contributed by atoms with Gasteiger partial charge in [0.2, 0.25) is 0 Å². The van der Waals surface area contributed by atoms with Crippen molar-refractivity contribution in [2.24, 2.45) is 0 Å². The molecule has 1 saturated heterocycles. The highest BCUT2D eigenvalue weighted by Crippen LogP contribution is 2.26. The second-order valence-corrected chi connectivity index (χ2v) is 4.49. The standard InChI is InChI=1S/C13H18N2O5/c14-11-5-4-10(9-12(11)15(16)17)18-7-8-20-13-3-1-2-6-19-13/h4-5,9,13H,1-3,6-8,14H2/t13-/m0/s1. The van der Waals surface area contributed by atoms with Crippen LogP contribution in [0.5, 0.6) is 5.75 Å². The Bertz CT molecular complexity index is 460. The Morgan fingerprint density at radius 2 is 2.25 bits per heavy atom. The number of hydrogen-bond donors (Lipinski definition) is 1. The lowest BCUT2D eigenvalue weighted by molar-refractivity contribution is -0.384. The van der Waals surface area contributed by atoms with Crippen molar-refractivity contribution in [2.45, 2.75) is 25.6 Å². The third-order valence-corrected chi connectivity index (χ3v) is 2.99. The maximum Gasteiger partial charge on any atom is 0.295 e. The highest BCUT2D eigenvalue weighted by atomic mass is 16.7. The molecule has 0 aliphatic carbocycles. The number of nitrogen functional groups attached to an aromatic ring is 1. The van der Waals surface area contributed by atoms with Crippen LogP contribution in [0.4, 0.5) is 11.4 Å². The van der Waals surface area contributed by atoms with Gasteiger partial charge in [0.1, 0.15) is 18.0 Å². The zero-order chi connectivity index (χ0) is 14.4. The van der Waals surface area contributed by atoms with E-state index in [2.05, 4.69) is 0 Å². The first-order chi connectivity index (χ1) is 9.66. The molecular formula is C13H18N2O5. The lowest BCUT2D eigenvalue weighted by Crippen LogP contribution is -2.24. The van der Waals surface area contributed by atoms with Crippen LogP contribution in [-0.2, 0) is 9.47 Å². The Hall–Kier alpha value is -1.86. The summed E-state index contributed by atoms with van der Waals surface area (Å²) in [5.74, 6) is 0.402. The molecule has 0 aromatic heterocycles. The van der Waals surface area contributed by atoms with Gasteiger partial charge in [-0.3, -0.25) is 10.1 Å². The number of nitro groups is 1. The van der Waals surface area contributed by atoms with Crippen molar-refractivity contribution in [1.82, 2.24) is 0 Å². The van der Waals surface area contributed by atoms with Crippen LogP contribution in [0.3, 0.4) is 0 Å². The first kappa shape index (κ1) is 14.5. The van der Waals surface area contributed by atoms with Crippen molar-refractivity contribution in [3.05, 3.63) is 28.3 Å². The van der Waals surface area contributed by atoms with Gasteiger partial charge in [-0.1, -0.05) is 0 Å². The number of nitrogens with two attached hydrogens (primary N) is 1. The summed E-state index contributed by atoms with van der Waals surface area (Å²) in [6.45, 7) is 1.42. The van der Waals surface area contributed by atoms with Crippen LogP contribution in [-0.4, -0.2) is 31.0 Å². The number of rotatable bonds is 6. The topological polar surface area (TPSA) is 96.9 Å². The molecule has 0 unspecified atom stereocenters. The summed E-state index contributed by atoms with van der Waals surface area (Å²) in [6.07, 6.45) is 2.92. The Morgan fingerprint density at radius 3 is 2.95 bits per heavy atom. The molecule has 1 heterocycles. The predicted octanol–water partition coefficient (Wildman–Crippen LogP) is 2.10. The molecule has 0 saturated carbocycles. The minimum absolute atomic E-state index is 0.120. The third-order valence-electron chi connectivity index (χ3n) is 2.99. The lowest BCUT2D eigenvalue weighted by Gasteiger charge is -2.22. The fraction of sp³-hybridized carbons (Fsp3) is 0.538. The summed E-state index contributed by atoms with van der Waals surface area (Å²) < 4.78 is 16.3. The molecule has 0 amide bonds. The molecule has 1 aliphatic heterocycles. The lowest BCUT2D eigenvalue weighted by atomic mass is 10.2. The Morgan fingerprint density at radius 1 is 1.40 bits per heavy atom. The first-order valence-corrected chi connectivity index (χ1v) is 6.57. The largest absolute Gasteiger partial charge is 0.491 e. The number of benzene rings is 1. The van der Waals surface area contributed by atoms with Gasteiger partial charge in [-0.2, -0.15) is 0 Å². The van der Waals surface area contributed by atoms with Crippen LogP contribution in [0.25, 0.3) is 0 Å². The third kappa shape index (κ3) is 4.07. The van der Waals surface area contributed by atoms with E-state index in [1.165, 1.54) is 12.1 Å². The van der Waals surface area contributed by atoms with E-state index in [9.17, 15) is 10.1 Å². The monoisotopic (exact) mass is 282 g/mol. The van der Waals surface area contributed by atoms with E-state index < -0.39 is 4.92 Å². The van der Waals surface area contributed by atoms with Gasteiger partial charge in [0.05, 0.1) is 17.6 Å². The molecule has 110 valence electrons. The smallest absolute Gasteiger partial charge is 0.295 e. The Labute approximate surface area is 116 Å². The molecule has 7 nitrogen and oxygen atoms in total. The summed E-state index contributed by atoms with van der Waals surface area (Å²) in [5, 5.41) is 10.7. The van der Waals surface area contributed by atoms with Gasteiger partial charge in [-0.15, -0.1) is 0 Å². The summed E-state index contributed by atoms with van der Waals surface area (Å²) in [7, 11) is 0. The molecule has 2 rings (SSSR count). The molecule has 0 radical (unpaired) electrons. The van der Waals surface area contributed by atoms with E-state index in [-0.39, 0.29) is 17.7 Å². The van der Waals surface area contributed by atoms with Crippen LogP contribution in [0, 0.1) is 10.1 Å². The van der Waals surface area contributed by atoms with E-state index in [0.717, 1.165) is 25.9 Å². The normalized spacial score (nSPS) is 18.7. The van der Waals surface area contributed by atoms with Crippen LogP contribution < -0.4 is 10.5 Å². The summed E-state index contributed by atoms with van der Waals surface area (Å²) in [6, 6.07) is 4.37. The van der Waals surface area contributed by atoms with Crippen molar-refractivity contribution in [3.63, 3.8) is 0 Å². The number of nitro benzene ring substituents is 1. The average molecular weight is 282 g/mol. The zero-order valence-corrected chi connectivity index (χ0v) is 11.1. The summed E-state index contributed by atoms with van der Waals surface area (Å²) >= 11 is 0. The predicted molar refractivity (Wildman–Crippen MR) is 72.5 cm³/mol. The number of anilines is 1. The van der Waals surface area contributed by atoms with Gasteiger partial charge >= 0.3 is 0 Å². The van der Waals surface area contributed by atoms with Gasteiger partial charge in [0.25, 0.3) is 5.69 Å². The minimum atomic E-state index is -0.533.